The fourth-order valence-electron chi connectivity index (χ4n) is 4.44. The number of nitriles is 1. The van der Waals surface area contributed by atoms with Crippen molar-refractivity contribution >= 4 is 17.8 Å². The van der Waals surface area contributed by atoms with Crippen molar-refractivity contribution in [2.75, 3.05) is 18.4 Å². The average Bonchev–Trinajstić information content (AvgIpc) is 3.50. The number of likely N-dealkylation sites (tertiary alicyclic amines) is 1. The van der Waals surface area contributed by atoms with Gasteiger partial charge >= 0.3 is 6.09 Å². The van der Waals surface area contributed by atoms with E-state index in [1.165, 1.54) is 0 Å². The lowest BCUT2D eigenvalue weighted by Crippen LogP contribution is -2.48. The van der Waals surface area contributed by atoms with Gasteiger partial charge < -0.3 is 25.0 Å². The van der Waals surface area contributed by atoms with Crippen molar-refractivity contribution in [2.24, 2.45) is 5.92 Å². The van der Waals surface area contributed by atoms with E-state index in [1.54, 1.807) is 49.1 Å². The molecule has 2 aromatic heterocycles. The molecule has 11 heteroatoms. The fraction of sp³-hybridized carbons (Fsp3) is 0.320. The molecule has 3 aromatic rings. The van der Waals surface area contributed by atoms with Crippen molar-refractivity contribution in [3.8, 4) is 22.9 Å². The second-order valence-electron chi connectivity index (χ2n) is 8.87. The third-order valence-electron chi connectivity index (χ3n) is 6.50. The number of hydrogen-bond acceptors (Lipinski definition) is 6. The molecular formula is C25H23FN6O4. The second kappa shape index (κ2) is 9.65. The highest BCUT2D eigenvalue weighted by atomic mass is 19.1. The Balaban J connectivity index is 1.26. The number of nitrogens with one attached hydrogen (secondary N) is 2. The van der Waals surface area contributed by atoms with E-state index in [0.29, 0.717) is 11.4 Å². The van der Waals surface area contributed by atoms with Crippen LogP contribution in [0.5, 0.6) is 5.75 Å². The topological polar surface area (TPSA) is 144 Å². The maximum atomic E-state index is 14.5. The minimum absolute atomic E-state index is 0.102. The van der Waals surface area contributed by atoms with E-state index in [9.17, 15) is 19.2 Å². The average molecular weight is 490 g/mol. The first-order valence-corrected chi connectivity index (χ1v) is 11.5. The lowest BCUT2D eigenvalue weighted by molar-refractivity contribution is -0.117. The highest BCUT2D eigenvalue weighted by molar-refractivity contribution is 5.94. The number of carbonyl (C=O) groups is 2. The number of ether oxygens (including phenoxy) is 1. The van der Waals surface area contributed by atoms with Crippen LogP contribution in [0.2, 0.25) is 0 Å². The first-order valence-electron chi connectivity index (χ1n) is 11.5. The number of piperidine rings is 1. The number of alkyl halides is 1. The summed E-state index contributed by atoms with van der Waals surface area (Å²) in [4.78, 5) is 36.1. The second-order valence-corrected chi connectivity index (χ2v) is 8.87. The predicted octanol–water partition coefficient (Wildman–Crippen LogP) is 3.55. The molecule has 1 aromatic carbocycles. The SMILES string of the molecule is N#Cc1cc(-c2ccnc(NC(=O)C3CC3c3c[nH]cn3)c2)ccc1O[C@H]1CCN(C(=O)O)C[C@H]1F. The third kappa shape index (κ3) is 4.84. The number of rotatable bonds is 6. The van der Waals surface area contributed by atoms with E-state index < -0.39 is 18.4 Å². The molecule has 1 aliphatic heterocycles. The van der Waals surface area contributed by atoms with Crippen LogP contribution in [0.4, 0.5) is 15.0 Å². The number of anilines is 1. The van der Waals surface area contributed by atoms with Gasteiger partial charge in [0.2, 0.25) is 5.91 Å². The minimum atomic E-state index is -1.49. The Kier molecular flexibility index (Phi) is 6.25. The zero-order valence-corrected chi connectivity index (χ0v) is 19.1. The van der Waals surface area contributed by atoms with E-state index >= 15 is 0 Å². The third-order valence-corrected chi connectivity index (χ3v) is 6.50. The van der Waals surface area contributed by atoms with Crippen LogP contribution in [0.25, 0.3) is 11.1 Å². The summed E-state index contributed by atoms with van der Waals surface area (Å²) in [6.45, 7) is -0.107. The molecule has 0 bridgehead atoms. The highest BCUT2D eigenvalue weighted by Crippen LogP contribution is 2.47. The lowest BCUT2D eigenvalue weighted by atomic mass is 10.0. The van der Waals surface area contributed by atoms with Crippen LogP contribution in [0.15, 0.2) is 49.1 Å². The van der Waals surface area contributed by atoms with Gasteiger partial charge in [-0.15, -0.1) is 0 Å². The van der Waals surface area contributed by atoms with Crippen molar-refractivity contribution in [3.63, 3.8) is 0 Å². The molecule has 2 unspecified atom stereocenters. The van der Waals surface area contributed by atoms with Gasteiger partial charge in [-0.05, 0) is 41.8 Å². The van der Waals surface area contributed by atoms with Crippen LogP contribution >= 0.6 is 0 Å². The normalized spacial score (nSPS) is 22.9. The van der Waals surface area contributed by atoms with Gasteiger partial charge in [0.05, 0.1) is 24.1 Å². The van der Waals surface area contributed by atoms with E-state index in [-0.39, 0.29) is 48.6 Å². The van der Waals surface area contributed by atoms with Crippen LogP contribution in [0.1, 0.15) is 30.0 Å². The molecule has 0 spiro atoms. The largest absolute Gasteiger partial charge is 0.486 e. The number of H-pyrrole nitrogens is 1. The number of nitrogens with zero attached hydrogens (tertiary/aromatic N) is 4. The van der Waals surface area contributed by atoms with Gasteiger partial charge in [-0.3, -0.25) is 4.79 Å². The van der Waals surface area contributed by atoms with Gasteiger partial charge in [-0.1, -0.05) is 6.07 Å². The Morgan fingerprint density at radius 3 is 2.81 bits per heavy atom. The van der Waals surface area contributed by atoms with Crippen molar-refractivity contribution in [2.45, 2.75) is 31.0 Å². The van der Waals surface area contributed by atoms with E-state index in [2.05, 4.69) is 26.3 Å². The molecule has 2 fully saturated rings. The zero-order valence-electron chi connectivity index (χ0n) is 19.1. The number of halogens is 1. The number of carboxylic acid groups (broad SMARTS) is 1. The van der Waals surface area contributed by atoms with Crippen molar-refractivity contribution in [1.82, 2.24) is 19.9 Å². The summed E-state index contributed by atoms with van der Waals surface area (Å²) < 4.78 is 20.2. The fourth-order valence-corrected chi connectivity index (χ4v) is 4.44. The Hall–Kier alpha value is -4.46. The minimum Gasteiger partial charge on any atom is -0.486 e. The summed E-state index contributed by atoms with van der Waals surface area (Å²) in [6, 6.07) is 10.5. The first kappa shape index (κ1) is 23.3. The molecule has 5 rings (SSSR count). The molecule has 184 valence electrons. The van der Waals surface area contributed by atoms with Gasteiger partial charge in [0, 0.05) is 37.2 Å². The van der Waals surface area contributed by atoms with E-state index in [1.807, 2.05) is 0 Å². The molecule has 36 heavy (non-hydrogen) atoms. The molecule has 2 amide bonds. The summed E-state index contributed by atoms with van der Waals surface area (Å²) in [7, 11) is 0. The molecular weight excluding hydrogens is 467 g/mol. The standard InChI is InChI=1S/C25H23FN6O4/c26-19-12-32(25(34)35)6-4-22(19)36-21-2-1-14(7-16(21)10-27)15-3-5-29-23(8-15)31-24(33)18-9-17(18)20-11-28-13-30-20/h1-3,5,7-8,11,13,17-19,22H,4,6,9,12H2,(H,28,30)(H,34,35)(H,29,31,33)/t17?,18?,19-,22+/m1/s1. The van der Waals surface area contributed by atoms with Gasteiger partial charge in [-0.2, -0.15) is 5.26 Å². The number of imidazole rings is 1. The lowest BCUT2D eigenvalue weighted by Gasteiger charge is -2.33. The quantitative estimate of drug-likeness (QED) is 0.479. The van der Waals surface area contributed by atoms with Crippen LogP contribution < -0.4 is 10.1 Å². The van der Waals surface area contributed by atoms with Crippen molar-refractivity contribution in [3.05, 3.63) is 60.3 Å². The summed E-state index contributed by atoms with van der Waals surface area (Å²) >= 11 is 0. The van der Waals surface area contributed by atoms with Gasteiger partial charge in [0.25, 0.3) is 0 Å². The molecule has 10 nitrogen and oxygen atoms in total. The van der Waals surface area contributed by atoms with Gasteiger partial charge in [0.15, 0.2) is 6.17 Å². The zero-order chi connectivity index (χ0) is 25.2. The predicted molar refractivity (Wildman–Crippen MR) is 126 cm³/mol. The highest BCUT2D eigenvalue weighted by Gasteiger charge is 2.45. The summed E-state index contributed by atoms with van der Waals surface area (Å²) in [5, 5.41) is 21.6. The summed E-state index contributed by atoms with van der Waals surface area (Å²) in [6.07, 6.45) is 2.39. The smallest absolute Gasteiger partial charge is 0.407 e. The van der Waals surface area contributed by atoms with E-state index in [0.717, 1.165) is 22.6 Å². The molecule has 2 aliphatic rings. The van der Waals surface area contributed by atoms with E-state index in [4.69, 9.17) is 9.84 Å². The molecule has 1 aliphatic carbocycles. The van der Waals surface area contributed by atoms with Gasteiger partial charge in [0.1, 0.15) is 23.7 Å². The number of benzene rings is 1. The van der Waals surface area contributed by atoms with Crippen LogP contribution in [0, 0.1) is 17.2 Å². The number of aromatic nitrogens is 3. The number of pyridine rings is 1. The maximum absolute atomic E-state index is 14.5. The Labute approximate surface area is 205 Å². The maximum Gasteiger partial charge on any atom is 0.407 e. The molecule has 3 N–H and O–H groups in total. The first-order chi connectivity index (χ1) is 17.4. The number of hydrogen-bond donors (Lipinski definition) is 3. The number of amides is 2. The van der Waals surface area contributed by atoms with Crippen molar-refractivity contribution in [1.29, 1.82) is 5.26 Å². The Morgan fingerprint density at radius 2 is 2.08 bits per heavy atom. The Morgan fingerprint density at radius 1 is 1.25 bits per heavy atom. The molecule has 1 saturated heterocycles. The molecule has 0 radical (unpaired) electrons. The number of aromatic amines is 1. The van der Waals surface area contributed by atoms with Crippen LogP contribution in [-0.4, -0.2) is 62.3 Å². The number of carbonyl (C=O) groups excluding carboxylic acids is 1. The van der Waals surface area contributed by atoms with Crippen LogP contribution in [-0.2, 0) is 4.79 Å². The van der Waals surface area contributed by atoms with Crippen molar-refractivity contribution < 1.29 is 23.8 Å². The molecule has 4 atom stereocenters. The molecule has 3 heterocycles. The Bertz CT molecular complexity index is 1320. The summed E-state index contributed by atoms with van der Waals surface area (Å²) in [5.41, 5.74) is 2.54. The van der Waals surface area contributed by atoms with Gasteiger partial charge in [-0.25, -0.2) is 19.2 Å². The monoisotopic (exact) mass is 490 g/mol. The molecule has 1 saturated carbocycles. The summed E-state index contributed by atoms with van der Waals surface area (Å²) in [5.74, 6) is 0.462. The van der Waals surface area contributed by atoms with Crippen LogP contribution in [0.3, 0.4) is 0 Å².